The predicted molar refractivity (Wildman–Crippen MR) is 93.4 cm³/mol. The molecule has 0 spiro atoms. The Morgan fingerprint density at radius 1 is 1.33 bits per heavy atom. The number of anilines is 1. The van der Waals surface area contributed by atoms with Gasteiger partial charge in [0.2, 0.25) is 0 Å². The molecule has 0 bridgehead atoms. The zero-order valence-electron chi connectivity index (χ0n) is 14.5. The molecule has 2 heterocycles. The Morgan fingerprint density at radius 3 is 2.57 bits per heavy atom. The van der Waals surface area contributed by atoms with Crippen molar-refractivity contribution in [2.45, 2.75) is 72.4 Å². The summed E-state index contributed by atoms with van der Waals surface area (Å²) in [6.45, 7) is 16.9. The normalized spacial score (nSPS) is 23.0. The number of rotatable bonds is 5. The standard InChI is InChI=1S/C17H31N3S/c1-7-8-18-10-14-15(17(4,5)6)19-16(21-14)20-11-12(2)9-13(20)3/h12-13,18H,7-11H2,1-6H3. The van der Waals surface area contributed by atoms with E-state index in [4.69, 9.17) is 4.98 Å². The number of hydrogen-bond donors (Lipinski definition) is 1. The van der Waals surface area contributed by atoms with E-state index < -0.39 is 0 Å². The zero-order valence-corrected chi connectivity index (χ0v) is 15.3. The molecule has 1 saturated heterocycles. The third-order valence-electron chi connectivity index (χ3n) is 4.14. The molecule has 3 nitrogen and oxygen atoms in total. The van der Waals surface area contributed by atoms with Crippen molar-refractivity contribution in [1.82, 2.24) is 10.3 Å². The topological polar surface area (TPSA) is 28.2 Å². The SMILES string of the molecule is CCCNCc1sc(N2CC(C)CC2C)nc1C(C)(C)C. The summed E-state index contributed by atoms with van der Waals surface area (Å²) in [6, 6.07) is 0.621. The van der Waals surface area contributed by atoms with Crippen LogP contribution in [-0.4, -0.2) is 24.1 Å². The lowest BCUT2D eigenvalue weighted by Gasteiger charge is -2.21. The minimum absolute atomic E-state index is 0.118. The maximum atomic E-state index is 5.03. The molecule has 0 amide bonds. The van der Waals surface area contributed by atoms with E-state index in [1.807, 2.05) is 11.3 Å². The highest BCUT2D eigenvalue weighted by molar-refractivity contribution is 7.15. The third kappa shape index (κ3) is 3.98. The Labute approximate surface area is 134 Å². The quantitative estimate of drug-likeness (QED) is 0.827. The largest absolute Gasteiger partial charge is 0.345 e. The molecular formula is C17H31N3S. The molecule has 0 aliphatic carbocycles. The maximum Gasteiger partial charge on any atom is 0.186 e. The Morgan fingerprint density at radius 2 is 2.05 bits per heavy atom. The fraction of sp³-hybridized carbons (Fsp3) is 0.824. The zero-order chi connectivity index (χ0) is 15.6. The van der Waals surface area contributed by atoms with Crippen LogP contribution in [0.2, 0.25) is 0 Å². The van der Waals surface area contributed by atoms with Crippen molar-refractivity contribution in [3.05, 3.63) is 10.6 Å². The van der Waals surface area contributed by atoms with Crippen LogP contribution in [0.3, 0.4) is 0 Å². The van der Waals surface area contributed by atoms with Crippen molar-refractivity contribution in [1.29, 1.82) is 0 Å². The average Bonchev–Trinajstić information content (AvgIpc) is 2.92. The van der Waals surface area contributed by atoms with Crippen LogP contribution in [0.1, 0.15) is 65.0 Å². The average molecular weight is 310 g/mol. The number of nitrogens with zero attached hydrogens (tertiary/aromatic N) is 2. The Balaban J connectivity index is 2.23. The molecular weight excluding hydrogens is 278 g/mol. The summed E-state index contributed by atoms with van der Waals surface area (Å²) in [5.74, 6) is 0.781. The molecule has 1 fully saturated rings. The monoisotopic (exact) mass is 309 g/mol. The first-order valence-corrected chi connectivity index (χ1v) is 9.12. The fourth-order valence-electron chi connectivity index (χ4n) is 3.11. The van der Waals surface area contributed by atoms with Crippen molar-refractivity contribution in [2.24, 2.45) is 5.92 Å². The summed E-state index contributed by atoms with van der Waals surface area (Å²) in [6.07, 6.45) is 2.46. The summed E-state index contributed by atoms with van der Waals surface area (Å²) in [4.78, 5) is 8.95. The van der Waals surface area contributed by atoms with Gasteiger partial charge in [0.1, 0.15) is 0 Å². The molecule has 0 saturated carbocycles. The molecule has 1 N–H and O–H groups in total. The second-order valence-corrected chi connectivity index (χ2v) is 8.60. The lowest BCUT2D eigenvalue weighted by Crippen LogP contribution is -2.26. The minimum atomic E-state index is 0.118. The van der Waals surface area contributed by atoms with Crippen LogP contribution in [0, 0.1) is 5.92 Å². The van der Waals surface area contributed by atoms with E-state index in [0.717, 1.165) is 25.6 Å². The smallest absolute Gasteiger partial charge is 0.186 e. The summed E-state index contributed by atoms with van der Waals surface area (Å²) in [5, 5.41) is 4.77. The van der Waals surface area contributed by atoms with Crippen LogP contribution in [-0.2, 0) is 12.0 Å². The number of nitrogens with one attached hydrogen (secondary N) is 1. The second-order valence-electron chi connectivity index (χ2n) is 7.54. The van der Waals surface area contributed by atoms with Gasteiger partial charge in [0.05, 0.1) is 5.69 Å². The van der Waals surface area contributed by atoms with Crippen molar-refractivity contribution < 1.29 is 0 Å². The van der Waals surface area contributed by atoms with Gasteiger partial charge in [-0.1, -0.05) is 34.6 Å². The van der Waals surface area contributed by atoms with Gasteiger partial charge in [-0.2, -0.15) is 0 Å². The fourth-order valence-corrected chi connectivity index (χ4v) is 4.46. The van der Waals surface area contributed by atoms with Crippen molar-refractivity contribution in [3.8, 4) is 0 Å². The van der Waals surface area contributed by atoms with Gasteiger partial charge in [-0.25, -0.2) is 4.98 Å². The van der Waals surface area contributed by atoms with Crippen LogP contribution in [0.5, 0.6) is 0 Å². The van der Waals surface area contributed by atoms with Gasteiger partial charge in [0, 0.05) is 29.4 Å². The molecule has 0 aromatic carbocycles. The minimum Gasteiger partial charge on any atom is -0.345 e. The first kappa shape index (κ1) is 16.8. The molecule has 2 unspecified atom stereocenters. The molecule has 120 valence electrons. The number of thiazole rings is 1. The van der Waals surface area contributed by atoms with Crippen LogP contribution < -0.4 is 10.2 Å². The Hall–Kier alpha value is -0.610. The molecule has 1 aromatic heterocycles. The summed E-state index contributed by atoms with van der Waals surface area (Å²) < 4.78 is 0. The van der Waals surface area contributed by atoms with Crippen molar-refractivity contribution in [3.63, 3.8) is 0 Å². The van der Waals surface area contributed by atoms with E-state index in [1.165, 1.54) is 28.5 Å². The Bertz CT molecular complexity index is 461. The van der Waals surface area contributed by atoms with Crippen molar-refractivity contribution in [2.75, 3.05) is 18.0 Å². The second kappa shape index (κ2) is 6.66. The molecule has 4 heteroatoms. The Kier molecular flexibility index (Phi) is 5.31. The van der Waals surface area contributed by atoms with Gasteiger partial charge in [-0.05, 0) is 32.2 Å². The van der Waals surface area contributed by atoms with Crippen LogP contribution in [0.4, 0.5) is 5.13 Å². The lowest BCUT2D eigenvalue weighted by atomic mass is 9.91. The van der Waals surface area contributed by atoms with E-state index in [-0.39, 0.29) is 5.41 Å². The molecule has 0 radical (unpaired) electrons. The van der Waals surface area contributed by atoms with Crippen molar-refractivity contribution >= 4 is 16.5 Å². The first-order chi connectivity index (χ1) is 9.82. The van der Waals surface area contributed by atoms with E-state index >= 15 is 0 Å². The van der Waals surface area contributed by atoms with Gasteiger partial charge < -0.3 is 10.2 Å². The molecule has 1 aromatic rings. The van der Waals surface area contributed by atoms with Gasteiger partial charge in [-0.15, -0.1) is 11.3 Å². The van der Waals surface area contributed by atoms with Gasteiger partial charge in [0.25, 0.3) is 0 Å². The van der Waals surface area contributed by atoms with Gasteiger partial charge in [0.15, 0.2) is 5.13 Å². The molecule has 1 aliphatic heterocycles. The highest BCUT2D eigenvalue weighted by atomic mass is 32.1. The molecule has 2 atom stereocenters. The predicted octanol–water partition coefficient (Wildman–Crippen LogP) is 4.17. The van der Waals surface area contributed by atoms with E-state index in [9.17, 15) is 0 Å². The first-order valence-electron chi connectivity index (χ1n) is 8.30. The van der Waals surface area contributed by atoms with E-state index in [1.54, 1.807) is 0 Å². The third-order valence-corrected chi connectivity index (χ3v) is 5.23. The summed E-state index contributed by atoms with van der Waals surface area (Å²) >= 11 is 1.89. The van der Waals surface area contributed by atoms with Gasteiger partial charge in [-0.3, -0.25) is 0 Å². The number of aromatic nitrogens is 1. The number of hydrogen-bond acceptors (Lipinski definition) is 4. The summed E-state index contributed by atoms with van der Waals surface area (Å²) in [7, 11) is 0. The molecule has 1 aliphatic rings. The molecule has 21 heavy (non-hydrogen) atoms. The van der Waals surface area contributed by atoms with E-state index in [2.05, 4.69) is 51.8 Å². The highest BCUT2D eigenvalue weighted by Crippen LogP contribution is 2.37. The van der Waals surface area contributed by atoms with E-state index in [0.29, 0.717) is 6.04 Å². The highest BCUT2D eigenvalue weighted by Gasteiger charge is 2.31. The van der Waals surface area contributed by atoms with Gasteiger partial charge >= 0.3 is 0 Å². The van der Waals surface area contributed by atoms with Crippen LogP contribution in [0.15, 0.2) is 0 Å². The van der Waals surface area contributed by atoms with Crippen LogP contribution >= 0.6 is 11.3 Å². The van der Waals surface area contributed by atoms with Crippen LogP contribution in [0.25, 0.3) is 0 Å². The maximum absolute atomic E-state index is 5.03. The summed E-state index contributed by atoms with van der Waals surface area (Å²) in [5.41, 5.74) is 1.39. The lowest BCUT2D eigenvalue weighted by molar-refractivity contribution is 0.558. The molecule has 2 rings (SSSR count).